The van der Waals surface area contributed by atoms with Gasteiger partial charge in [-0.05, 0) is 31.2 Å². The number of aryl methyl sites for hydroxylation is 1. The maximum Gasteiger partial charge on any atom is 0.324 e. The molecule has 0 radical (unpaired) electrons. The number of H-pyrrole nitrogens is 2. The Morgan fingerprint density at radius 1 is 1.37 bits per heavy atom. The van der Waals surface area contributed by atoms with Crippen LogP contribution in [0.2, 0.25) is 0 Å². The van der Waals surface area contributed by atoms with Crippen molar-refractivity contribution in [2.24, 2.45) is 10.9 Å². The van der Waals surface area contributed by atoms with Crippen molar-refractivity contribution in [1.82, 2.24) is 25.1 Å². The van der Waals surface area contributed by atoms with Crippen LogP contribution in [0.25, 0.3) is 0 Å². The number of benzene rings is 1. The third-order valence-corrected chi connectivity index (χ3v) is 6.76. The number of imidazole rings is 1. The SMILES string of the molecule is C#C[C@H](c1ccc(C)cc1)N1CCC(NCCN(C[C@@H](C)CC)/C(C=N)=N/c2c[nH]c(=O)[nH]2)CC1. The maximum atomic E-state index is 11.4. The number of hydrogen-bond donors (Lipinski definition) is 4. The van der Waals surface area contributed by atoms with E-state index in [1.807, 2.05) is 0 Å². The molecule has 1 aliphatic rings. The molecule has 0 aliphatic carbocycles. The van der Waals surface area contributed by atoms with Crippen LogP contribution in [0, 0.1) is 30.6 Å². The number of rotatable bonds is 11. The van der Waals surface area contributed by atoms with Crippen LogP contribution in [-0.4, -0.2) is 70.6 Å². The van der Waals surface area contributed by atoms with E-state index in [0.717, 1.165) is 52.0 Å². The van der Waals surface area contributed by atoms with E-state index in [1.165, 1.54) is 23.5 Å². The Labute approximate surface area is 208 Å². The highest BCUT2D eigenvalue weighted by atomic mass is 16.1. The number of nitrogens with zero attached hydrogens (tertiary/aromatic N) is 3. The Kier molecular flexibility index (Phi) is 9.88. The number of amidine groups is 1. The van der Waals surface area contributed by atoms with Gasteiger partial charge >= 0.3 is 5.69 Å². The molecule has 4 N–H and O–H groups in total. The average Bonchev–Trinajstić information content (AvgIpc) is 3.28. The van der Waals surface area contributed by atoms with E-state index in [1.54, 1.807) is 0 Å². The molecule has 1 saturated heterocycles. The predicted octanol–water partition coefficient (Wildman–Crippen LogP) is 3.47. The lowest BCUT2D eigenvalue weighted by atomic mass is 9.99. The number of hydrogen-bond acceptors (Lipinski definition) is 5. The third-order valence-electron chi connectivity index (χ3n) is 6.76. The van der Waals surface area contributed by atoms with Crippen molar-refractivity contribution in [2.45, 2.75) is 52.1 Å². The van der Waals surface area contributed by atoms with Crippen molar-refractivity contribution in [3.05, 3.63) is 52.1 Å². The molecule has 1 aromatic carbocycles. The highest BCUT2D eigenvalue weighted by molar-refractivity contribution is 6.28. The Bertz CT molecular complexity index is 1050. The van der Waals surface area contributed by atoms with Crippen molar-refractivity contribution >= 4 is 17.9 Å². The molecule has 0 bridgehead atoms. The van der Waals surface area contributed by atoms with Crippen molar-refractivity contribution in [1.29, 1.82) is 5.41 Å². The Morgan fingerprint density at radius 2 is 2.09 bits per heavy atom. The van der Waals surface area contributed by atoms with Crippen LogP contribution in [0.15, 0.2) is 40.2 Å². The number of nitrogens with one attached hydrogen (secondary N) is 4. The van der Waals surface area contributed by atoms with Gasteiger partial charge in [0.25, 0.3) is 0 Å². The number of piperidine rings is 1. The predicted molar refractivity (Wildman–Crippen MR) is 144 cm³/mol. The van der Waals surface area contributed by atoms with Crippen LogP contribution in [-0.2, 0) is 0 Å². The molecule has 2 aromatic rings. The van der Waals surface area contributed by atoms with Crippen molar-refractivity contribution in [3.8, 4) is 12.3 Å². The minimum absolute atomic E-state index is 0.0220. The Balaban J connectivity index is 1.54. The lowest BCUT2D eigenvalue weighted by molar-refractivity contribution is 0.170. The van der Waals surface area contributed by atoms with Crippen LogP contribution in [0.1, 0.15) is 50.3 Å². The summed E-state index contributed by atoms with van der Waals surface area (Å²) in [4.78, 5) is 25.6. The first kappa shape index (κ1) is 26.5. The molecule has 1 fully saturated rings. The van der Waals surface area contributed by atoms with Gasteiger partial charge in [-0.15, -0.1) is 6.42 Å². The van der Waals surface area contributed by atoms with Crippen molar-refractivity contribution in [3.63, 3.8) is 0 Å². The summed E-state index contributed by atoms with van der Waals surface area (Å²) < 4.78 is 0. The summed E-state index contributed by atoms with van der Waals surface area (Å²) >= 11 is 0. The number of aromatic amines is 2. The second-order valence-corrected chi connectivity index (χ2v) is 9.45. The smallest absolute Gasteiger partial charge is 0.324 e. The van der Waals surface area contributed by atoms with Gasteiger partial charge in [-0.2, -0.15) is 0 Å². The van der Waals surface area contributed by atoms with Crippen LogP contribution in [0.5, 0.6) is 0 Å². The zero-order valence-electron chi connectivity index (χ0n) is 21.2. The summed E-state index contributed by atoms with van der Waals surface area (Å²) in [5.41, 5.74) is 2.13. The number of aromatic nitrogens is 2. The molecule has 0 saturated carbocycles. The van der Waals surface area contributed by atoms with E-state index in [0.29, 0.717) is 23.6 Å². The van der Waals surface area contributed by atoms with Gasteiger partial charge in [0, 0.05) is 45.0 Å². The summed E-state index contributed by atoms with van der Waals surface area (Å²) in [7, 11) is 0. The van der Waals surface area contributed by atoms with Gasteiger partial charge in [0.15, 0.2) is 5.82 Å². The molecule has 35 heavy (non-hydrogen) atoms. The van der Waals surface area contributed by atoms with Gasteiger partial charge in [0.1, 0.15) is 5.84 Å². The fourth-order valence-corrected chi connectivity index (χ4v) is 4.43. The number of terminal acetylenes is 1. The van der Waals surface area contributed by atoms with Gasteiger partial charge in [-0.25, -0.2) is 9.79 Å². The minimum Gasteiger partial charge on any atom is -0.354 e. The molecule has 8 heteroatoms. The van der Waals surface area contributed by atoms with E-state index < -0.39 is 0 Å². The molecule has 2 heterocycles. The molecule has 0 amide bonds. The molecule has 0 spiro atoms. The normalized spacial score (nSPS) is 17.0. The zero-order valence-corrected chi connectivity index (χ0v) is 21.2. The van der Waals surface area contributed by atoms with Crippen molar-refractivity contribution < 1.29 is 0 Å². The summed E-state index contributed by atoms with van der Waals surface area (Å²) in [5.74, 6) is 4.43. The second kappa shape index (κ2) is 13.1. The molecular formula is C27H39N7O. The van der Waals surface area contributed by atoms with Crippen LogP contribution >= 0.6 is 0 Å². The van der Waals surface area contributed by atoms with E-state index in [4.69, 9.17) is 11.8 Å². The molecule has 8 nitrogen and oxygen atoms in total. The van der Waals surface area contributed by atoms with Crippen LogP contribution < -0.4 is 11.0 Å². The highest BCUT2D eigenvalue weighted by Crippen LogP contribution is 2.24. The van der Waals surface area contributed by atoms with Gasteiger partial charge in [0.05, 0.1) is 12.3 Å². The minimum atomic E-state index is -0.302. The summed E-state index contributed by atoms with van der Waals surface area (Å²) in [6, 6.07) is 8.99. The average molecular weight is 478 g/mol. The third kappa shape index (κ3) is 7.67. The standard InChI is InChI=1S/C27H39N7O/c1-5-20(3)19-34(26(17-28)31-25-18-30-27(35)32-25)16-13-29-23-11-14-33(15-12-23)24(6-2)22-9-7-21(4)8-10-22/h2,7-10,17-18,20,23-24,28-29H,5,11-16,19H2,1,3-4H3,(H2,30,32,35)/b28-17?,31-26+/t20-,24+/m0/s1. The van der Waals surface area contributed by atoms with E-state index in [-0.39, 0.29) is 11.7 Å². The first-order valence-corrected chi connectivity index (χ1v) is 12.5. The van der Waals surface area contributed by atoms with Crippen LogP contribution in [0.4, 0.5) is 5.82 Å². The molecule has 188 valence electrons. The quantitative estimate of drug-likeness (QED) is 0.226. The van der Waals surface area contributed by atoms with Gasteiger partial charge in [-0.1, -0.05) is 56.0 Å². The van der Waals surface area contributed by atoms with Gasteiger partial charge < -0.3 is 20.6 Å². The summed E-state index contributed by atoms with van der Waals surface area (Å²) in [5, 5.41) is 11.6. The zero-order chi connectivity index (χ0) is 25.2. The first-order valence-electron chi connectivity index (χ1n) is 12.5. The summed E-state index contributed by atoms with van der Waals surface area (Å²) in [6.07, 6.45) is 11.8. The molecule has 1 aliphatic heterocycles. The number of aliphatic imine (C=N–C) groups is 1. The van der Waals surface area contributed by atoms with E-state index in [9.17, 15) is 4.79 Å². The topological polar surface area (TPSA) is 103 Å². The summed E-state index contributed by atoms with van der Waals surface area (Å²) in [6.45, 7) is 10.7. The second-order valence-electron chi connectivity index (χ2n) is 9.45. The van der Waals surface area contributed by atoms with E-state index >= 15 is 0 Å². The largest absolute Gasteiger partial charge is 0.354 e. The monoisotopic (exact) mass is 477 g/mol. The Morgan fingerprint density at radius 3 is 2.66 bits per heavy atom. The van der Waals surface area contributed by atoms with Crippen molar-refractivity contribution in [2.75, 3.05) is 32.7 Å². The van der Waals surface area contributed by atoms with Crippen LogP contribution in [0.3, 0.4) is 0 Å². The van der Waals surface area contributed by atoms with Gasteiger partial charge in [-0.3, -0.25) is 9.88 Å². The molecular weight excluding hydrogens is 438 g/mol. The lowest BCUT2D eigenvalue weighted by Gasteiger charge is -2.36. The lowest BCUT2D eigenvalue weighted by Crippen LogP contribution is -2.46. The fourth-order valence-electron chi connectivity index (χ4n) is 4.43. The molecule has 2 atom stereocenters. The number of likely N-dealkylation sites (tertiary alicyclic amines) is 1. The fraction of sp³-hybridized carbons (Fsp3) is 0.519. The molecule has 3 rings (SSSR count). The molecule has 0 unspecified atom stereocenters. The van der Waals surface area contributed by atoms with Gasteiger partial charge in [0.2, 0.25) is 0 Å². The first-order chi connectivity index (χ1) is 16.9. The maximum absolute atomic E-state index is 11.4. The Hall–Kier alpha value is -3.15. The van der Waals surface area contributed by atoms with E-state index in [2.05, 4.69) is 81.0 Å². The molecule has 1 aromatic heterocycles. The highest BCUT2D eigenvalue weighted by Gasteiger charge is 2.25.